The Kier molecular flexibility index (Phi) is 5.46. The predicted octanol–water partition coefficient (Wildman–Crippen LogP) is -0.381. The molecule has 1 aromatic heterocycles. The number of nitrogens with two attached hydrogens (primary N) is 1. The van der Waals surface area contributed by atoms with E-state index < -0.39 is 23.8 Å². The quantitative estimate of drug-likeness (QED) is 0.681. The normalized spacial score (nSPS) is 11.4. The summed E-state index contributed by atoms with van der Waals surface area (Å²) < 4.78 is 4.46. The second kappa shape index (κ2) is 7.10. The summed E-state index contributed by atoms with van der Waals surface area (Å²) >= 11 is 0. The van der Waals surface area contributed by atoms with Crippen molar-refractivity contribution < 1.29 is 19.1 Å². The number of hydrogen-bond acceptors (Lipinski definition) is 5. The van der Waals surface area contributed by atoms with Crippen LogP contribution in [0.25, 0.3) is 0 Å². The molecule has 1 atom stereocenters. The summed E-state index contributed by atoms with van der Waals surface area (Å²) in [6.45, 7) is 0. The maximum absolute atomic E-state index is 11.8. The number of amides is 2. The largest absolute Gasteiger partial charge is 0.469 e. The number of primary amides is 1. The number of hydrogen-bond donors (Lipinski definition) is 2. The molecule has 1 rings (SSSR count). The van der Waals surface area contributed by atoms with Crippen LogP contribution < -0.4 is 11.1 Å². The van der Waals surface area contributed by atoms with E-state index in [4.69, 9.17) is 5.73 Å². The molecule has 2 amide bonds. The number of rotatable bonds is 6. The number of carbonyl (C=O) groups is 3. The Morgan fingerprint density at radius 1 is 1.37 bits per heavy atom. The van der Waals surface area contributed by atoms with Crippen molar-refractivity contribution in [2.45, 2.75) is 18.9 Å². The first-order chi connectivity index (χ1) is 9.04. The van der Waals surface area contributed by atoms with Crippen LogP contribution >= 0.6 is 0 Å². The molecule has 0 aliphatic heterocycles. The topological polar surface area (TPSA) is 111 Å². The second-order valence-electron chi connectivity index (χ2n) is 3.78. The van der Waals surface area contributed by atoms with Gasteiger partial charge in [-0.25, -0.2) is 0 Å². The summed E-state index contributed by atoms with van der Waals surface area (Å²) in [5.74, 6) is -1.62. The van der Waals surface area contributed by atoms with E-state index in [0.29, 0.717) is 5.56 Å². The van der Waals surface area contributed by atoms with Gasteiger partial charge in [0, 0.05) is 24.4 Å². The fraction of sp³-hybridized carbons (Fsp3) is 0.333. The SMILES string of the molecule is COC(=O)CC[C@H](NC(=O)c1ccncc1)C(N)=O. The number of carbonyl (C=O) groups excluding carboxylic acids is 3. The Morgan fingerprint density at radius 2 is 2.00 bits per heavy atom. The van der Waals surface area contributed by atoms with Gasteiger partial charge in [-0.15, -0.1) is 0 Å². The van der Waals surface area contributed by atoms with Gasteiger partial charge in [0.05, 0.1) is 7.11 Å². The number of methoxy groups -OCH3 is 1. The first kappa shape index (κ1) is 14.6. The lowest BCUT2D eigenvalue weighted by molar-refractivity contribution is -0.140. The van der Waals surface area contributed by atoms with Gasteiger partial charge in [0.2, 0.25) is 5.91 Å². The third kappa shape index (κ3) is 4.74. The van der Waals surface area contributed by atoms with Gasteiger partial charge in [-0.05, 0) is 18.6 Å². The standard InChI is InChI=1S/C12H15N3O4/c1-19-10(16)3-2-9(11(13)17)15-12(18)8-4-6-14-7-5-8/h4-7,9H,2-3H2,1H3,(H2,13,17)(H,15,18)/t9-/m0/s1. The third-order valence-corrected chi connectivity index (χ3v) is 2.46. The van der Waals surface area contributed by atoms with E-state index >= 15 is 0 Å². The molecule has 7 heteroatoms. The predicted molar refractivity (Wildman–Crippen MR) is 65.9 cm³/mol. The van der Waals surface area contributed by atoms with Crippen molar-refractivity contribution in [3.05, 3.63) is 30.1 Å². The highest BCUT2D eigenvalue weighted by Crippen LogP contribution is 2.02. The molecule has 0 aliphatic rings. The number of aromatic nitrogens is 1. The molecule has 1 aromatic rings. The molecule has 0 aliphatic carbocycles. The van der Waals surface area contributed by atoms with Gasteiger partial charge in [0.15, 0.2) is 0 Å². The van der Waals surface area contributed by atoms with Crippen LogP contribution in [0.5, 0.6) is 0 Å². The highest BCUT2D eigenvalue weighted by molar-refractivity contribution is 5.97. The molecule has 102 valence electrons. The van der Waals surface area contributed by atoms with E-state index in [-0.39, 0.29) is 12.8 Å². The molecule has 7 nitrogen and oxygen atoms in total. The van der Waals surface area contributed by atoms with Crippen molar-refractivity contribution in [1.29, 1.82) is 0 Å². The van der Waals surface area contributed by atoms with Crippen LogP contribution in [0.3, 0.4) is 0 Å². The lowest BCUT2D eigenvalue weighted by Crippen LogP contribution is -2.44. The van der Waals surface area contributed by atoms with E-state index in [1.54, 1.807) is 0 Å². The minimum atomic E-state index is -0.917. The van der Waals surface area contributed by atoms with Gasteiger partial charge in [-0.3, -0.25) is 19.4 Å². The summed E-state index contributed by atoms with van der Waals surface area (Å²) in [7, 11) is 1.25. The van der Waals surface area contributed by atoms with Gasteiger partial charge in [0.1, 0.15) is 6.04 Å². The zero-order valence-electron chi connectivity index (χ0n) is 10.5. The van der Waals surface area contributed by atoms with Crippen molar-refractivity contribution >= 4 is 17.8 Å². The van der Waals surface area contributed by atoms with Crippen LogP contribution in [0, 0.1) is 0 Å². The van der Waals surface area contributed by atoms with Crippen LogP contribution in [0.4, 0.5) is 0 Å². The van der Waals surface area contributed by atoms with E-state index in [2.05, 4.69) is 15.0 Å². The molecule has 0 bridgehead atoms. The molecule has 1 heterocycles. The Hall–Kier alpha value is -2.44. The van der Waals surface area contributed by atoms with Crippen molar-refractivity contribution in [2.24, 2.45) is 5.73 Å². The van der Waals surface area contributed by atoms with Crippen molar-refractivity contribution in [3.8, 4) is 0 Å². The summed E-state index contributed by atoms with van der Waals surface area (Å²) in [5.41, 5.74) is 5.53. The van der Waals surface area contributed by atoms with E-state index in [1.165, 1.54) is 31.6 Å². The molecule has 0 saturated carbocycles. The highest BCUT2D eigenvalue weighted by Gasteiger charge is 2.20. The number of nitrogens with zero attached hydrogens (tertiary/aromatic N) is 1. The zero-order valence-corrected chi connectivity index (χ0v) is 10.5. The second-order valence-corrected chi connectivity index (χ2v) is 3.78. The van der Waals surface area contributed by atoms with Crippen LogP contribution in [-0.2, 0) is 14.3 Å². The number of esters is 1. The minimum absolute atomic E-state index is 0.000726. The fourth-order valence-corrected chi connectivity index (χ4v) is 1.39. The number of pyridine rings is 1. The molecule has 0 aromatic carbocycles. The van der Waals surface area contributed by atoms with Crippen LogP contribution in [-0.4, -0.2) is 35.9 Å². The minimum Gasteiger partial charge on any atom is -0.469 e. The van der Waals surface area contributed by atoms with Gasteiger partial charge in [-0.1, -0.05) is 0 Å². The van der Waals surface area contributed by atoms with Crippen LogP contribution in [0.2, 0.25) is 0 Å². The first-order valence-corrected chi connectivity index (χ1v) is 5.61. The lowest BCUT2D eigenvalue weighted by Gasteiger charge is -2.14. The molecule has 0 unspecified atom stereocenters. The summed E-state index contributed by atoms with van der Waals surface area (Å²) in [4.78, 5) is 37.8. The maximum atomic E-state index is 11.8. The van der Waals surface area contributed by atoms with E-state index in [0.717, 1.165) is 0 Å². The Morgan fingerprint density at radius 3 is 2.53 bits per heavy atom. The van der Waals surface area contributed by atoms with Gasteiger partial charge >= 0.3 is 5.97 Å². The van der Waals surface area contributed by atoms with Crippen molar-refractivity contribution in [2.75, 3.05) is 7.11 Å². The molecular weight excluding hydrogens is 250 g/mol. The average molecular weight is 265 g/mol. The monoisotopic (exact) mass is 265 g/mol. The smallest absolute Gasteiger partial charge is 0.305 e. The molecule has 0 radical (unpaired) electrons. The summed E-state index contributed by atoms with van der Waals surface area (Å²) in [6, 6.07) is 2.10. The molecule has 0 fully saturated rings. The molecule has 0 saturated heterocycles. The molecular formula is C12H15N3O4. The average Bonchev–Trinajstić information content (AvgIpc) is 2.43. The van der Waals surface area contributed by atoms with Crippen LogP contribution in [0.15, 0.2) is 24.5 Å². The van der Waals surface area contributed by atoms with Crippen molar-refractivity contribution in [1.82, 2.24) is 10.3 Å². The maximum Gasteiger partial charge on any atom is 0.305 e. The molecule has 0 spiro atoms. The summed E-state index contributed by atoms with van der Waals surface area (Å²) in [6.07, 6.45) is 3.02. The first-order valence-electron chi connectivity index (χ1n) is 5.61. The Bertz CT molecular complexity index is 461. The van der Waals surface area contributed by atoms with Gasteiger partial charge in [0.25, 0.3) is 5.91 Å². The summed E-state index contributed by atoms with van der Waals surface area (Å²) in [5, 5.41) is 2.46. The Balaban J connectivity index is 2.61. The van der Waals surface area contributed by atoms with Gasteiger partial charge in [-0.2, -0.15) is 0 Å². The van der Waals surface area contributed by atoms with Gasteiger partial charge < -0.3 is 15.8 Å². The number of ether oxygens (including phenoxy) is 1. The molecule has 3 N–H and O–H groups in total. The van der Waals surface area contributed by atoms with E-state index in [1.807, 2.05) is 0 Å². The Labute approximate surface area is 110 Å². The zero-order chi connectivity index (χ0) is 14.3. The van der Waals surface area contributed by atoms with Crippen LogP contribution in [0.1, 0.15) is 23.2 Å². The van der Waals surface area contributed by atoms with E-state index in [9.17, 15) is 14.4 Å². The fourth-order valence-electron chi connectivity index (χ4n) is 1.39. The third-order valence-electron chi connectivity index (χ3n) is 2.46. The van der Waals surface area contributed by atoms with Crippen molar-refractivity contribution in [3.63, 3.8) is 0 Å². The molecule has 19 heavy (non-hydrogen) atoms. The lowest BCUT2D eigenvalue weighted by atomic mass is 10.1. The number of nitrogens with one attached hydrogen (secondary N) is 1. The highest BCUT2D eigenvalue weighted by atomic mass is 16.5.